The van der Waals surface area contributed by atoms with E-state index < -0.39 is 10.0 Å². The lowest BCUT2D eigenvalue weighted by atomic mass is 9.80. The topological polar surface area (TPSA) is 78.6 Å². The first-order valence-corrected chi connectivity index (χ1v) is 12.6. The van der Waals surface area contributed by atoms with Crippen LogP contribution in [-0.4, -0.2) is 32.7 Å². The number of allylic oxidation sites excluding steroid dienone is 1. The number of rotatable bonds is 9. The molecule has 0 bridgehead atoms. The van der Waals surface area contributed by atoms with Crippen molar-refractivity contribution >= 4 is 45.3 Å². The molecular weight excluding hydrogens is 426 g/mol. The zero-order valence-corrected chi connectivity index (χ0v) is 20.3. The first kappa shape index (κ1) is 23.6. The van der Waals surface area contributed by atoms with Gasteiger partial charge in [0.2, 0.25) is 10.0 Å². The third-order valence-electron chi connectivity index (χ3n) is 5.64. The van der Waals surface area contributed by atoms with Crippen molar-refractivity contribution < 1.29 is 13.7 Å². The zero-order valence-electron chi connectivity index (χ0n) is 18.6. The van der Waals surface area contributed by atoms with Gasteiger partial charge in [-0.25, -0.2) is 13.1 Å². The minimum absolute atomic E-state index is 0.243. The molecule has 0 amide bonds. The predicted molar refractivity (Wildman–Crippen MR) is 133 cm³/mol. The summed E-state index contributed by atoms with van der Waals surface area (Å²) in [6.07, 6.45) is 5.13. The van der Waals surface area contributed by atoms with Crippen LogP contribution < -0.4 is 10.0 Å². The summed E-state index contributed by atoms with van der Waals surface area (Å²) in [7, 11) is -1.57. The summed E-state index contributed by atoms with van der Waals surface area (Å²) in [5, 5.41) is 3.24. The van der Waals surface area contributed by atoms with Crippen molar-refractivity contribution in [2.24, 2.45) is 0 Å². The predicted octanol–water partition coefficient (Wildman–Crippen LogP) is 3.89. The van der Waals surface area contributed by atoms with Crippen molar-refractivity contribution in [3.8, 4) is 0 Å². The van der Waals surface area contributed by atoms with Gasteiger partial charge in [0.1, 0.15) is 5.69 Å². The van der Waals surface area contributed by atoms with Crippen molar-refractivity contribution in [1.29, 1.82) is 0 Å². The minimum Gasteiger partial charge on any atom is -0.358 e. The second-order valence-electron chi connectivity index (χ2n) is 8.36. The summed E-state index contributed by atoms with van der Waals surface area (Å²) in [4.78, 5) is 3.72. The van der Waals surface area contributed by atoms with Crippen LogP contribution in [-0.2, 0) is 15.4 Å². The Hall–Kier alpha value is -2.06. The Morgan fingerprint density at radius 3 is 2.65 bits per heavy atom. The van der Waals surface area contributed by atoms with E-state index in [0.717, 1.165) is 28.9 Å². The van der Waals surface area contributed by atoms with Crippen molar-refractivity contribution in [3.63, 3.8) is 0 Å². The minimum atomic E-state index is -3.55. The smallest absolute Gasteiger partial charge is 0.240 e. The van der Waals surface area contributed by atoms with Gasteiger partial charge in [-0.3, -0.25) is 0 Å². The molecule has 5 nitrogen and oxygen atoms in total. The molecule has 2 aromatic carbocycles. The quantitative estimate of drug-likeness (QED) is 0.290. The molecule has 0 aliphatic carbocycles. The van der Waals surface area contributed by atoms with Crippen molar-refractivity contribution in [1.82, 2.24) is 9.71 Å². The van der Waals surface area contributed by atoms with Gasteiger partial charge >= 0.3 is 0 Å². The van der Waals surface area contributed by atoms with E-state index in [0.29, 0.717) is 17.2 Å². The molecule has 0 spiro atoms. The van der Waals surface area contributed by atoms with Crippen LogP contribution in [0.4, 0.5) is 5.69 Å². The van der Waals surface area contributed by atoms with Crippen LogP contribution >= 0.6 is 12.6 Å². The van der Waals surface area contributed by atoms with Gasteiger partial charge in [-0.05, 0) is 37.0 Å². The largest absolute Gasteiger partial charge is 0.358 e. The van der Waals surface area contributed by atoms with Crippen LogP contribution in [0, 0.1) is 6.92 Å². The average molecular weight is 459 g/mol. The Balaban J connectivity index is 1.90. The molecule has 4 N–H and O–H groups in total. The van der Waals surface area contributed by atoms with Crippen molar-refractivity contribution in [2.45, 2.75) is 37.5 Å². The highest BCUT2D eigenvalue weighted by Crippen LogP contribution is 2.34. The van der Waals surface area contributed by atoms with E-state index in [9.17, 15) is 8.42 Å². The number of aromatic amines is 1. The Bertz CT molecular complexity index is 1190. The maximum Gasteiger partial charge on any atom is 0.240 e. The van der Waals surface area contributed by atoms with Crippen LogP contribution in [0.2, 0.25) is 0 Å². The average Bonchev–Trinajstić information content (AvgIpc) is 3.07. The molecular formula is C24H32N3O2S2+. The van der Waals surface area contributed by atoms with E-state index in [-0.39, 0.29) is 5.41 Å². The maximum atomic E-state index is 12.6. The number of aromatic nitrogens is 1. The van der Waals surface area contributed by atoms with Crippen LogP contribution in [0.25, 0.3) is 17.0 Å². The third-order valence-corrected chi connectivity index (χ3v) is 7.32. The Kier molecular flexibility index (Phi) is 7.31. The second kappa shape index (κ2) is 9.61. The van der Waals surface area contributed by atoms with E-state index in [2.05, 4.69) is 67.4 Å². The third kappa shape index (κ3) is 5.23. The summed E-state index contributed by atoms with van der Waals surface area (Å²) in [6.45, 7) is 6.69. The van der Waals surface area contributed by atoms with E-state index in [1.165, 1.54) is 10.9 Å². The van der Waals surface area contributed by atoms with Crippen molar-refractivity contribution in [3.05, 3.63) is 65.4 Å². The lowest BCUT2D eigenvalue weighted by Crippen LogP contribution is -2.73. The number of nitrogens with two attached hydrogens (primary N) is 1. The number of quaternary nitrogens is 1. The first-order chi connectivity index (χ1) is 14.7. The molecule has 3 aromatic rings. The van der Waals surface area contributed by atoms with Crippen molar-refractivity contribution in [2.75, 3.05) is 19.3 Å². The van der Waals surface area contributed by atoms with Gasteiger partial charge in [-0.1, -0.05) is 44.2 Å². The zero-order chi connectivity index (χ0) is 22.6. The number of thiol groups is 1. The Morgan fingerprint density at radius 2 is 1.94 bits per heavy atom. The van der Waals surface area contributed by atoms with Crippen LogP contribution in [0.3, 0.4) is 0 Å². The number of benzene rings is 2. The molecule has 0 unspecified atom stereocenters. The molecule has 0 aliphatic heterocycles. The molecule has 3 rings (SSSR count). The van der Waals surface area contributed by atoms with Gasteiger partial charge in [0.05, 0.1) is 11.9 Å². The number of nitrogens with one attached hydrogen (secondary N) is 2. The van der Waals surface area contributed by atoms with Gasteiger partial charge in [0.25, 0.3) is 0 Å². The van der Waals surface area contributed by atoms with E-state index >= 15 is 0 Å². The number of aryl methyl sites for hydroxylation is 1. The van der Waals surface area contributed by atoms with Crippen LogP contribution in [0.1, 0.15) is 37.1 Å². The van der Waals surface area contributed by atoms with E-state index in [4.69, 9.17) is 0 Å². The fraction of sp³-hybridized carbons (Fsp3) is 0.333. The molecule has 0 fully saturated rings. The highest BCUT2D eigenvalue weighted by molar-refractivity contribution is 7.89. The van der Waals surface area contributed by atoms with E-state index in [1.807, 2.05) is 30.6 Å². The molecule has 0 aliphatic rings. The fourth-order valence-electron chi connectivity index (χ4n) is 3.90. The molecule has 31 heavy (non-hydrogen) atoms. The molecule has 166 valence electrons. The number of hydrogen-bond donors (Lipinski definition) is 4. The summed E-state index contributed by atoms with van der Waals surface area (Å²) in [6, 6.07) is 13.7. The molecule has 7 heteroatoms. The monoisotopic (exact) mass is 458 g/mol. The molecule has 0 saturated carbocycles. The first-order valence-electron chi connectivity index (χ1n) is 10.5. The van der Waals surface area contributed by atoms with E-state index in [1.54, 1.807) is 12.1 Å². The van der Waals surface area contributed by atoms with Gasteiger partial charge in [-0.15, -0.1) is 0 Å². The Labute approximate surface area is 190 Å². The number of para-hydroxylation sites is 1. The van der Waals surface area contributed by atoms with Gasteiger partial charge in [-0.2, -0.15) is 12.6 Å². The lowest BCUT2D eigenvalue weighted by molar-refractivity contribution is -0.540. The van der Waals surface area contributed by atoms with Gasteiger partial charge < -0.3 is 10.3 Å². The molecule has 0 atom stereocenters. The highest BCUT2D eigenvalue weighted by atomic mass is 32.2. The SMILES string of the molecule is C[NH2+]c1ccc(S(=O)(=O)NCCS)cc1C(C)(C)C/C=C/c1c(C)[nH]c2ccccc12. The number of H-pyrrole nitrogens is 1. The number of sulfonamides is 1. The lowest BCUT2D eigenvalue weighted by Gasteiger charge is -2.25. The Morgan fingerprint density at radius 1 is 1.19 bits per heavy atom. The summed E-state index contributed by atoms with van der Waals surface area (Å²) in [5.74, 6) is 0.455. The standard InChI is InChI=1S/C24H31N3O2S2/c1-17-19(20-8-5-6-10-22(20)27-17)9-7-13-24(2,3)21-16-18(11-12-23(21)25-4)31(28,29)26-14-15-30/h5-12,16,25-27,30H,13-15H2,1-4H3/p+1/b9-7+. The highest BCUT2D eigenvalue weighted by Gasteiger charge is 2.27. The molecule has 1 heterocycles. The van der Waals surface area contributed by atoms with Gasteiger partial charge in [0, 0.05) is 46.1 Å². The number of hydrogen-bond acceptors (Lipinski definition) is 3. The summed E-state index contributed by atoms with van der Waals surface area (Å²) < 4.78 is 27.9. The van der Waals surface area contributed by atoms with Gasteiger partial charge in [0.15, 0.2) is 0 Å². The molecule has 1 aromatic heterocycles. The summed E-state index contributed by atoms with van der Waals surface area (Å²) >= 11 is 4.09. The fourth-order valence-corrected chi connectivity index (χ4v) is 5.22. The van der Waals surface area contributed by atoms with Crippen LogP contribution in [0.5, 0.6) is 0 Å². The van der Waals surface area contributed by atoms with Crippen LogP contribution in [0.15, 0.2) is 53.4 Å². The molecule has 0 radical (unpaired) electrons. The second-order valence-corrected chi connectivity index (χ2v) is 10.6. The normalized spacial score (nSPS) is 12.8. The maximum absolute atomic E-state index is 12.6. The number of fused-ring (bicyclic) bond motifs is 1. The summed E-state index contributed by atoms with van der Waals surface area (Å²) in [5.41, 5.74) is 5.29. The molecule has 0 saturated heterocycles.